The molecule has 34 heavy (non-hydrogen) atoms. The molecular weight excluding hydrogens is 457 g/mol. The molecule has 0 saturated carbocycles. The number of hydrogen-bond acceptors (Lipinski definition) is 5. The summed E-state index contributed by atoms with van der Waals surface area (Å²) < 4.78 is 21.3. The molecule has 9 heteroatoms. The van der Waals surface area contributed by atoms with E-state index in [2.05, 4.69) is 20.3 Å². The number of aryl methyl sites for hydroxylation is 1. The lowest BCUT2D eigenvalue weighted by molar-refractivity contribution is 0.0934. The van der Waals surface area contributed by atoms with Crippen molar-refractivity contribution in [3.63, 3.8) is 0 Å². The quantitative estimate of drug-likeness (QED) is 0.428. The van der Waals surface area contributed by atoms with Gasteiger partial charge in [-0.2, -0.15) is 5.10 Å². The molecule has 174 valence electrons. The van der Waals surface area contributed by atoms with E-state index in [0.717, 1.165) is 27.8 Å². The molecule has 0 unspecified atom stereocenters. The van der Waals surface area contributed by atoms with Crippen LogP contribution < -0.4 is 10.2 Å². The Bertz CT molecular complexity index is 1370. The highest BCUT2D eigenvalue weighted by molar-refractivity contribution is 6.31. The van der Waals surface area contributed by atoms with Crippen LogP contribution in [-0.2, 0) is 11.8 Å². The fourth-order valence-corrected chi connectivity index (χ4v) is 4.29. The summed E-state index contributed by atoms with van der Waals surface area (Å²) in [4.78, 5) is 19.2. The molecule has 0 spiro atoms. The average Bonchev–Trinajstić information content (AvgIpc) is 3.23. The Kier molecular flexibility index (Phi) is 6.17. The number of amides is 1. The number of pyridine rings is 1. The molecule has 7 nitrogen and oxygen atoms in total. The SMILES string of the molecule is Cn1nc2cc1C(=O)NCCCOCCN(c1ccc(F)c(Cl)c1)c1ccnc3ccc-2cc13. The Morgan fingerprint density at radius 3 is 2.85 bits per heavy atom. The third-order valence-electron chi connectivity index (χ3n) is 5.84. The minimum atomic E-state index is -0.467. The largest absolute Gasteiger partial charge is 0.380 e. The molecule has 2 aromatic carbocycles. The van der Waals surface area contributed by atoms with E-state index in [-0.39, 0.29) is 10.9 Å². The van der Waals surface area contributed by atoms with Crippen molar-refractivity contribution in [3.05, 3.63) is 71.3 Å². The summed E-state index contributed by atoms with van der Waals surface area (Å²) in [5, 5.41) is 8.43. The molecule has 0 atom stereocenters. The zero-order valence-corrected chi connectivity index (χ0v) is 19.3. The fourth-order valence-electron chi connectivity index (χ4n) is 4.11. The molecule has 1 amide bonds. The van der Waals surface area contributed by atoms with E-state index in [0.29, 0.717) is 44.1 Å². The standard InChI is InChI=1S/C25H23ClFN5O2/c1-31-24-15-22(30-31)16-3-6-21-18(13-16)23(7-9-28-21)32(17-4-5-20(27)19(26)14-17)10-12-34-11-2-8-29-25(24)33/h3-7,9,13-15H,2,8,10-12H2,1H3,(H,29,33). The van der Waals surface area contributed by atoms with E-state index in [1.807, 2.05) is 24.3 Å². The Hall–Kier alpha value is -3.49. The van der Waals surface area contributed by atoms with E-state index >= 15 is 0 Å². The molecular formula is C25H23ClFN5O2. The summed E-state index contributed by atoms with van der Waals surface area (Å²) in [5.41, 5.74) is 4.47. The predicted molar refractivity (Wildman–Crippen MR) is 130 cm³/mol. The lowest BCUT2D eigenvalue weighted by Crippen LogP contribution is -2.27. The number of halogens is 2. The molecule has 0 saturated heterocycles. The molecule has 1 aliphatic rings. The lowest BCUT2D eigenvalue weighted by Gasteiger charge is -2.26. The summed E-state index contributed by atoms with van der Waals surface area (Å²) in [7, 11) is 1.75. The number of fused-ring (bicyclic) bond motifs is 4. The van der Waals surface area contributed by atoms with Gasteiger partial charge in [-0.1, -0.05) is 17.7 Å². The third kappa shape index (κ3) is 4.34. The Labute approximate surface area is 201 Å². The molecule has 2 aromatic heterocycles. The van der Waals surface area contributed by atoms with Crippen LogP contribution in [0.25, 0.3) is 22.2 Å². The molecule has 0 aliphatic carbocycles. The lowest BCUT2D eigenvalue weighted by atomic mass is 10.1. The van der Waals surface area contributed by atoms with Crippen molar-refractivity contribution in [3.8, 4) is 11.3 Å². The van der Waals surface area contributed by atoms with Gasteiger partial charge in [-0.15, -0.1) is 0 Å². The van der Waals surface area contributed by atoms with Gasteiger partial charge in [0.25, 0.3) is 5.91 Å². The Balaban J connectivity index is 1.67. The number of nitrogens with one attached hydrogen (secondary N) is 1. The van der Waals surface area contributed by atoms with Crippen LogP contribution >= 0.6 is 11.6 Å². The molecule has 1 aliphatic heterocycles. The first-order chi connectivity index (χ1) is 16.5. The van der Waals surface area contributed by atoms with E-state index in [1.165, 1.54) is 6.07 Å². The molecule has 1 N–H and O–H groups in total. The maximum atomic E-state index is 13.9. The van der Waals surface area contributed by atoms with Gasteiger partial charge in [0, 0.05) is 49.6 Å². The van der Waals surface area contributed by atoms with Crippen molar-refractivity contribution < 1.29 is 13.9 Å². The first-order valence-electron chi connectivity index (χ1n) is 11.0. The Morgan fingerprint density at radius 1 is 1.12 bits per heavy atom. The Morgan fingerprint density at radius 2 is 2.00 bits per heavy atom. The second-order valence-corrected chi connectivity index (χ2v) is 8.48. The number of benzene rings is 2. The average molecular weight is 480 g/mol. The minimum Gasteiger partial charge on any atom is -0.380 e. The third-order valence-corrected chi connectivity index (χ3v) is 6.13. The van der Waals surface area contributed by atoms with Crippen LogP contribution in [-0.4, -0.2) is 47.0 Å². The first-order valence-corrected chi connectivity index (χ1v) is 11.4. The van der Waals surface area contributed by atoms with Gasteiger partial charge < -0.3 is 15.0 Å². The van der Waals surface area contributed by atoms with Crippen LogP contribution in [0.2, 0.25) is 5.02 Å². The smallest absolute Gasteiger partial charge is 0.269 e. The predicted octanol–water partition coefficient (Wildman–Crippen LogP) is 4.72. The second kappa shape index (κ2) is 9.40. The second-order valence-electron chi connectivity index (χ2n) is 8.07. The topological polar surface area (TPSA) is 72.3 Å². The minimum absolute atomic E-state index is 0.0568. The number of hydrogen-bond donors (Lipinski definition) is 1. The van der Waals surface area contributed by atoms with Crippen molar-refractivity contribution in [1.29, 1.82) is 0 Å². The number of rotatable bonds is 1. The van der Waals surface area contributed by atoms with Gasteiger partial charge in [-0.25, -0.2) is 4.39 Å². The van der Waals surface area contributed by atoms with Gasteiger partial charge in [0.2, 0.25) is 0 Å². The molecule has 4 aromatic rings. The van der Waals surface area contributed by atoms with Crippen LogP contribution in [0.15, 0.2) is 54.7 Å². The number of ether oxygens (including phenoxy) is 1. The maximum Gasteiger partial charge on any atom is 0.269 e. The van der Waals surface area contributed by atoms with Crippen LogP contribution in [0.5, 0.6) is 0 Å². The van der Waals surface area contributed by atoms with E-state index < -0.39 is 5.82 Å². The zero-order valence-electron chi connectivity index (χ0n) is 18.6. The number of nitrogens with zero attached hydrogens (tertiary/aromatic N) is 4. The summed E-state index contributed by atoms with van der Waals surface area (Å²) in [6.45, 7) is 1.95. The van der Waals surface area contributed by atoms with E-state index in [9.17, 15) is 9.18 Å². The van der Waals surface area contributed by atoms with E-state index in [1.54, 1.807) is 36.1 Å². The van der Waals surface area contributed by atoms with Gasteiger partial charge in [0.1, 0.15) is 11.5 Å². The highest BCUT2D eigenvalue weighted by Crippen LogP contribution is 2.35. The van der Waals surface area contributed by atoms with Crippen LogP contribution in [0.1, 0.15) is 16.9 Å². The fraction of sp³-hybridized carbons (Fsp3) is 0.240. The van der Waals surface area contributed by atoms with Crippen LogP contribution in [0.4, 0.5) is 15.8 Å². The van der Waals surface area contributed by atoms with Crippen molar-refractivity contribution in [2.24, 2.45) is 7.05 Å². The summed E-state index contributed by atoms with van der Waals surface area (Å²) in [6.07, 6.45) is 2.43. The van der Waals surface area contributed by atoms with Gasteiger partial charge in [-0.3, -0.25) is 14.5 Å². The van der Waals surface area contributed by atoms with Gasteiger partial charge >= 0.3 is 0 Å². The zero-order chi connectivity index (χ0) is 23.7. The summed E-state index contributed by atoms with van der Waals surface area (Å²) >= 11 is 6.12. The van der Waals surface area contributed by atoms with Gasteiger partial charge in [0.05, 0.1) is 28.5 Å². The van der Waals surface area contributed by atoms with Crippen molar-refractivity contribution in [2.75, 3.05) is 31.2 Å². The number of carbonyl (C=O) groups is 1. The molecule has 4 bridgehead atoms. The van der Waals surface area contributed by atoms with E-state index in [4.69, 9.17) is 16.3 Å². The van der Waals surface area contributed by atoms with Gasteiger partial charge in [-0.05, 0) is 48.9 Å². The molecule has 3 heterocycles. The normalized spacial score (nSPS) is 15.0. The van der Waals surface area contributed by atoms with Gasteiger partial charge in [0.15, 0.2) is 0 Å². The summed E-state index contributed by atoms with van der Waals surface area (Å²) in [6, 6.07) is 14.3. The van der Waals surface area contributed by atoms with Crippen molar-refractivity contribution >= 4 is 39.8 Å². The monoisotopic (exact) mass is 479 g/mol. The first kappa shape index (κ1) is 22.3. The number of carbonyl (C=O) groups excluding carboxylic acids is 1. The molecule has 0 fully saturated rings. The van der Waals surface area contributed by atoms with Crippen LogP contribution in [0.3, 0.4) is 0 Å². The molecule has 0 radical (unpaired) electrons. The number of aromatic nitrogens is 3. The number of anilines is 2. The molecule has 5 rings (SSSR count). The maximum absolute atomic E-state index is 13.9. The van der Waals surface area contributed by atoms with Crippen molar-refractivity contribution in [1.82, 2.24) is 20.1 Å². The van der Waals surface area contributed by atoms with Crippen molar-refractivity contribution in [2.45, 2.75) is 6.42 Å². The highest BCUT2D eigenvalue weighted by atomic mass is 35.5. The highest BCUT2D eigenvalue weighted by Gasteiger charge is 2.18. The van der Waals surface area contributed by atoms with Crippen LogP contribution in [0, 0.1) is 5.82 Å². The summed E-state index contributed by atoms with van der Waals surface area (Å²) in [5.74, 6) is -0.637.